The molecule has 0 spiro atoms. The van der Waals surface area contributed by atoms with Gasteiger partial charge in [-0.1, -0.05) is 32.9 Å². The second kappa shape index (κ2) is 3.22. The molecule has 1 aromatic carbocycles. The Bertz CT molecular complexity index is 560. The van der Waals surface area contributed by atoms with Crippen LogP contribution in [0.2, 0.25) is 0 Å². The molecular formula is C16H19NS. The van der Waals surface area contributed by atoms with Crippen LogP contribution in [0.5, 0.6) is 0 Å². The Labute approximate surface area is 113 Å². The Morgan fingerprint density at radius 1 is 1.22 bits per heavy atom. The average molecular weight is 257 g/mol. The van der Waals surface area contributed by atoms with Crippen LogP contribution < -0.4 is 0 Å². The smallest absolute Gasteiger partial charge is 0.0765 e. The van der Waals surface area contributed by atoms with Gasteiger partial charge in [-0.25, -0.2) is 0 Å². The van der Waals surface area contributed by atoms with Gasteiger partial charge in [0.15, 0.2) is 0 Å². The first-order chi connectivity index (χ1) is 8.54. The zero-order chi connectivity index (χ0) is 12.5. The minimum Gasteiger partial charge on any atom is -0.255 e. The highest BCUT2D eigenvalue weighted by Crippen LogP contribution is 2.69. The Morgan fingerprint density at radius 3 is 2.83 bits per heavy atom. The molecule has 0 N–H and O–H groups in total. The van der Waals surface area contributed by atoms with Gasteiger partial charge in [0.05, 0.1) is 10.9 Å². The molecule has 1 heterocycles. The van der Waals surface area contributed by atoms with Gasteiger partial charge in [0, 0.05) is 16.5 Å². The minimum atomic E-state index is 0.408. The number of hydrogen-bond donors (Lipinski definition) is 0. The number of fused-ring (bicyclic) bond motifs is 6. The van der Waals surface area contributed by atoms with Gasteiger partial charge in [-0.3, -0.25) is 4.99 Å². The fourth-order valence-corrected chi connectivity index (χ4v) is 5.93. The number of rotatable bonds is 0. The summed E-state index contributed by atoms with van der Waals surface area (Å²) in [6.45, 7) is 7.40. The molecule has 2 aliphatic carbocycles. The summed E-state index contributed by atoms with van der Waals surface area (Å²) >= 11 is 2.06. The quantitative estimate of drug-likeness (QED) is 0.657. The van der Waals surface area contributed by atoms with Gasteiger partial charge in [0.2, 0.25) is 0 Å². The third kappa shape index (κ3) is 1.09. The fourth-order valence-electron chi connectivity index (χ4n) is 4.26. The lowest BCUT2D eigenvalue weighted by Gasteiger charge is -2.39. The summed E-state index contributed by atoms with van der Waals surface area (Å²) in [4.78, 5) is 6.40. The molecular weight excluding hydrogens is 238 g/mol. The van der Waals surface area contributed by atoms with Crippen molar-refractivity contribution in [3.05, 3.63) is 24.3 Å². The molecule has 0 radical (unpaired) electrons. The monoisotopic (exact) mass is 257 g/mol. The van der Waals surface area contributed by atoms with Crippen molar-refractivity contribution in [2.75, 3.05) is 0 Å². The highest BCUT2D eigenvalue weighted by molar-refractivity contribution is 8.01. The first-order valence-corrected chi connectivity index (χ1v) is 7.76. The normalized spacial score (nSPS) is 39.2. The van der Waals surface area contributed by atoms with Crippen molar-refractivity contribution in [1.82, 2.24) is 0 Å². The summed E-state index contributed by atoms with van der Waals surface area (Å²) < 4.78 is 0. The fraction of sp³-hybridized carbons (Fsp3) is 0.562. The van der Waals surface area contributed by atoms with Crippen LogP contribution in [0.15, 0.2) is 34.2 Å². The van der Waals surface area contributed by atoms with E-state index in [2.05, 4.69) is 56.8 Å². The van der Waals surface area contributed by atoms with E-state index in [0.29, 0.717) is 22.0 Å². The summed E-state index contributed by atoms with van der Waals surface area (Å²) in [6.07, 6.45) is 2.70. The number of para-hydroxylation sites is 1. The van der Waals surface area contributed by atoms with Gasteiger partial charge < -0.3 is 0 Å². The molecule has 3 aliphatic rings. The van der Waals surface area contributed by atoms with Gasteiger partial charge in [0.1, 0.15) is 0 Å². The standard InChI is InChI=1S/C16H19NS/c1-15(2)10-8-9-16(15,3)14-13(10)17-11-6-4-5-7-12(11)18-14/h4-7,10,14H,8-9H2,1-3H3/t10-,14+,16+/m1/s1. The molecule has 1 aliphatic heterocycles. The second-order valence-electron chi connectivity index (χ2n) is 6.73. The zero-order valence-corrected chi connectivity index (χ0v) is 12.1. The SMILES string of the molecule is CC1(C)[C@@H]2CC[C@@]1(C)[C@H]1Sc3ccccc3N=C21. The maximum Gasteiger partial charge on any atom is 0.0765 e. The van der Waals surface area contributed by atoms with Crippen molar-refractivity contribution in [3.8, 4) is 0 Å². The van der Waals surface area contributed by atoms with Crippen molar-refractivity contribution in [3.63, 3.8) is 0 Å². The van der Waals surface area contributed by atoms with Crippen LogP contribution in [0.25, 0.3) is 0 Å². The van der Waals surface area contributed by atoms with Gasteiger partial charge >= 0.3 is 0 Å². The summed E-state index contributed by atoms with van der Waals surface area (Å²) in [5, 5.41) is 0.612. The largest absolute Gasteiger partial charge is 0.255 e. The summed E-state index contributed by atoms with van der Waals surface area (Å²) in [6, 6.07) is 8.62. The van der Waals surface area contributed by atoms with Gasteiger partial charge in [-0.2, -0.15) is 0 Å². The van der Waals surface area contributed by atoms with E-state index in [1.165, 1.54) is 29.1 Å². The molecule has 2 bridgehead atoms. The van der Waals surface area contributed by atoms with Crippen LogP contribution in [0.4, 0.5) is 5.69 Å². The Morgan fingerprint density at radius 2 is 2.00 bits per heavy atom. The van der Waals surface area contributed by atoms with Crippen molar-refractivity contribution in [2.24, 2.45) is 21.7 Å². The second-order valence-corrected chi connectivity index (χ2v) is 7.88. The number of thioether (sulfide) groups is 1. The molecule has 4 rings (SSSR count). The van der Waals surface area contributed by atoms with Crippen molar-refractivity contribution >= 4 is 23.2 Å². The lowest BCUT2D eigenvalue weighted by molar-refractivity contribution is 0.157. The van der Waals surface area contributed by atoms with Crippen LogP contribution in [-0.2, 0) is 0 Å². The van der Waals surface area contributed by atoms with E-state index in [9.17, 15) is 0 Å². The van der Waals surface area contributed by atoms with E-state index in [1.807, 2.05) is 0 Å². The third-order valence-corrected chi connectivity index (χ3v) is 7.46. The highest BCUT2D eigenvalue weighted by Gasteiger charge is 2.65. The molecule has 94 valence electrons. The Hall–Kier alpha value is -0.760. The molecule has 1 aromatic rings. The van der Waals surface area contributed by atoms with Gasteiger partial charge in [-0.15, -0.1) is 11.8 Å². The van der Waals surface area contributed by atoms with Crippen LogP contribution >= 0.6 is 11.8 Å². The van der Waals surface area contributed by atoms with Crippen molar-refractivity contribution in [2.45, 2.75) is 43.8 Å². The van der Waals surface area contributed by atoms with Gasteiger partial charge in [0.25, 0.3) is 0 Å². The molecule has 18 heavy (non-hydrogen) atoms. The molecule has 0 amide bonds. The summed E-state index contributed by atoms with van der Waals surface area (Å²) in [5.74, 6) is 0.702. The first-order valence-electron chi connectivity index (χ1n) is 6.88. The number of hydrogen-bond acceptors (Lipinski definition) is 2. The van der Waals surface area contributed by atoms with Crippen LogP contribution in [0, 0.1) is 16.7 Å². The lowest BCUT2D eigenvalue weighted by atomic mass is 9.71. The van der Waals surface area contributed by atoms with E-state index >= 15 is 0 Å². The van der Waals surface area contributed by atoms with Crippen LogP contribution in [0.1, 0.15) is 33.6 Å². The number of aliphatic imine (C=N–C) groups is 1. The molecule has 0 unspecified atom stereocenters. The van der Waals surface area contributed by atoms with E-state index < -0.39 is 0 Å². The predicted molar refractivity (Wildman–Crippen MR) is 77.8 cm³/mol. The van der Waals surface area contributed by atoms with Crippen molar-refractivity contribution < 1.29 is 0 Å². The van der Waals surface area contributed by atoms with E-state index in [4.69, 9.17) is 4.99 Å². The molecule has 2 fully saturated rings. The lowest BCUT2D eigenvalue weighted by Crippen LogP contribution is -2.36. The summed E-state index contributed by atoms with van der Waals surface area (Å²) in [7, 11) is 0. The molecule has 3 atom stereocenters. The first kappa shape index (κ1) is 11.1. The topological polar surface area (TPSA) is 12.4 Å². The Balaban J connectivity index is 1.90. The summed E-state index contributed by atoms with van der Waals surface area (Å²) in [5.41, 5.74) is 3.51. The zero-order valence-electron chi connectivity index (χ0n) is 11.2. The molecule has 0 aromatic heterocycles. The minimum absolute atomic E-state index is 0.408. The van der Waals surface area contributed by atoms with Crippen molar-refractivity contribution in [1.29, 1.82) is 0 Å². The van der Waals surface area contributed by atoms with Crippen LogP contribution in [0.3, 0.4) is 0 Å². The van der Waals surface area contributed by atoms with E-state index in [1.54, 1.807) is 0 Å². The van der Waals surface area contributed by atoms with E-state index in [-0.39, 0.29) is 0 Å². The van der Waals surface area contributed by atoms with E-state index in [0.717, 1.165) is 0 Å². The number of benzene rings is 1. The third-order valence-electron chi connectivity index (χ3n) is 5.86. The molecule has 2 heteroatoms. The van der Waals surface area contributed by atoms with Crippen LogP contribution in [-0.4, -0.2) is 11.0 Å². The molecule has 2 saturated carbocycles. The predicted octanol–water partition coefficient (Wildman–Crippen LogP) is 4.69. The average Bonchev–Trinajstić information content (AvgIpc) is 2.68. The maximum absolute atomic E-state index is 5.03. The Kier molecular flexibility index (Phi) is 1.98. The number of nitrogens with zero attached hydrogens (tertiary/aromatic N) is 1. The van der Waals surface area contributed by atoms with Gasteiger partial charge in [-0.05, 0) is 35.8 Å². The highest BCUT2D eigenvalue weighted by atomic mass is 32.2. The maximum atomic E-state index is 5.03. The molecule has 1 nitrogen and oxygen atoms in total. The molecule has 0 saturated heterocycles.